The molecule has 0 atom stereocenters. The highest BCUT2D eigenvalue weighted by atomic mass is 16.6. The Balaban J connectivity index is 2.73. The monoisotopic (exact) mass is 222 g/mol. The van der Waals surface area contributed by atoms with Crippen LogP contribution in [0.3, 0.4) is 0 Å². The summed E-state index contributed by atoms with van der Waals surface area (Å²) in [4.78, 5) is 15.2. The molecule has 0 saturated heterocycles. The molecular weight excluding hydrogens is 208 g/mol. The highest BCUT2D eigenvalue weighted by molar-refractivity contribution is 5.93. The summed E-state index contributed by atoms with van der Waals surface area (Å²) in [6.07, 6.45) is 0. The topological polar surface area (TPSA) is 73.9 Å². The predicted molar refractivity (Wildman–Crippen MR) is 59.9 cm³/mol. The standard InChI is InChI=1S/C11H14N2O3/c1-8-3-5-9(6-4-8)11(15-2)13-16-7-10(12)14/h3-6H,7H2,1-2H3,(H2,12,14)/b13-11+. The van der Waals surface area contributed by atoms with Gasteiger partial charge in [0, 0.05) is 5.56 Å². The van der Waals surface area contributed by atoms with Crippen LogP contribution >= 0.6 is 0 Å². The van der Waals surface area contributed by atoms with Crippen molar-refractivity contribution < 1.29 is 14.4 Å². The molecule has 1 aromatic carbocycles. The molecule has 1 amide bonds. The third-order valence-corrected chi connectivity index (χ3v) is 1.85. The second-order valence-electron chi connectivity index (χ2n) is 3.21. The summed E-state index contributed by atoms with van der Waals surface area (Å²) in [5, 5.41) is 3.68. The van der Waals surface area contributed by atoms with Crippen molar-refractivity contribution in [1.29, 1.82) is 0 Å². The maximum Gasteiger partial charge on any atom is 0.258 e. The highest BCUT2D eigenvalue weighted by Crippen LogP contribution is 2.05. The number of primary amides is 1. The number of nitrogens with zero attached hydrogens (tertiary/aromatic N) is 1. The fourth-order valence-electron chi connectivity index (χ4n) is 1.06. The first-order chi connectivity index (χ1) is 7.63. The first-order valence-electron chi connectivity index (χ1n) is 4.72. The lowest BCUT2D eigenvalue weighted by atomic mass is 10.1. The lowest BCUT2D eigenvalue weighted by Crippen LogP contribution is -2.17. The van der Waals surface area contributed by atoms with Gasteiger partial charge < -0.3 is 15.3 Å². The molecule has 1 aromatic rings. The number of nitrogens with two attached hydrogens (primary N) is 1. The summed E-state index contributed by atoms with van der Waals surface area (Å²) in [5.41, 5.74) is 6.82. The van der Waals surface area contributed by atoms with Crippen molar-refractivity contribution in [1.82, 2.24) is 0 Å². The molecule has 2 N–H and O–H groups in total. The number of hydrogen-bond acceptors (Lipinski definition) is 4. The van der Waals surface area contributed by atoms with Gasteiger partial charge in [-0.3, -0.25) is 4.79 Å². The SMILES string of the molecule is CO/C(=N/OCC(N)=O)c1ccc(C)cc1. The lowest BCUT2D eigenvalue weighted by Gasteiger charge is -2.04. The first kappa shape index (κ1) is 12.0. The van der Waals surface area contributed by atoms with Gasteiger partial charge in [-0.1, -0.05) is 17.7 Å². The lowest BCUT2D eigenvalue weighted by molar-refractivity contribution is -0.122. The van der Waals surface area contributed by atoms with E-state index in [4.69, 9.17) is 15.3 Å². The van der Waals surface area contributed by atoms with Crippen LogP contribution < -0.4 is 5.73 Å². The first-order valence-corrected chi connectivity index (χ1v) is 4.72. The smallest absolute Gasteiger partial charge is 0.258 e. The van der Waals surface area contributed by atoms with Crippen molar-refractivity contribution >= 4 is 11.8 Å². The minimum atomic E-state index is -0.580. The highest BCUT2D eigenvalue weighted by Gasteiger charge is 2.04. The minimum absolute atomic E-state index is 0.265. The molecule has 0 aliphatic heterocycles. The van der Waals surface area contributed by atoms with Crippen LogP contribution in [-0.4, -0.2) is 25.5 Å². The average Bonchev–Trinajstić information content (AvgIpc) is 2.26. The molecule has 5 nitrogen and oxygen atoms in total. The fourth-order valence-corrected chi connectivity index (χ4v) is 1.06. The van der Waals surface area contributed by atoms with E-state index >= 15 is 0 Å². The molecule has 0 bridgehead atoms. The Morgan fingerprint density at radius 1 is 1.38 bits per heavy atom. The number of rotatable bonds is 4. The number of benzene rings is 1. The second kappa shape index (κ2) is 5.75. The number of hydrogen-bond donors (Lipinski definition) is 1. The summed E-state index contributed by atoms with van der Waals surface area (Å²) in [5.74, 6) is -0.274. The van der Waals surface area contributed by atoms with Crippen LogP contribution in [-0.2, 0) is 14.4 Å². The van der Waals surface area contributed by atoms with E-state index in [0.29, 0.717) is 5.90 Å². The summed E-state index contributed by atoms with van der Waals surface area (Å²) in [7, 11) is 1.48. The Morgan fingerprint density at radius 3 is 2.50 bits per heavy atom. The summed E-state index contributed by atoms with van der Waals surface area (Å²) < 4.78 is 5.03. The molecule has 0 unspecified atom stereocenters. The minimum Gasteiger partial charge on any atom is -0.479 e. The van der Waals surface area contributed by atoms with Gasteiger partial charge in [-0.15, -0.1) is 0 Å². The van der Waals surface area contributed by atoms with Crippen molar-refractivity contribution in [2.24, 2.45) is 10.9 Å². The van der Waals surface area contributed by atoms with Crippen LogP contribution in [0.2, 0.25) is 0 Å². The molecule has 0 fully saturated rings. The van der Waals surface area contributed by atoms with Crippen molar-refractivity contribution in [3.63, 3.8) is 0 Å². The van der Waals surface area contributed by atoms with Crippen LogP contribution in [0.1, 0.15) is 11.1 Å². The van der Waals surface area contributed by atoms with Gasteiger partial charge in [-0.2, -0.15) is 0 Å². The average molecular weight is 222 g/mol. The number of ether oxygens (including phenoxy) is 1. The molecule has 86 valence electrons. The van der Waals surface area contributed by atoms with Crippen LogP contribution in [0.15, 0.2) is 29.4 Å². The molecule has 0 spiro atoms. The number of carbonyl (C=O) groups excluding carboxylic acids is 1. The Hall–Kier alpha value is -2.04. The zero-order valence-electron chi connectivity index (χ0n) is 9.27. The number of aryl methyl sites for hydroxylation is 1. The van der Waals surface area contributed by atoms with Gasteiger partial charge in [0.15, 0.2) is 6.61 Å². The van der Waals surface area contributed by atoms with E-state index in [9.17, 15) is 4.79 Å². The summed E-state index contributed by atoms with van der Waals surface area (Å²) >= 11 is 0. The van der Waals surface area contributed by atoms with Gasteiger partial charge in [-0.25, -0.2) is 0 Å². The van der Waals surface area contributed by atoms with E-state index in [0.717, 1.165) is 11.1 Å². The van der Waals surface area contributed by atoms with E-state index in [1.165, 1.54) is 7.11 Å². The van der Waals surface area contributed by atoms with Crippen LogP contribution in [0, 0.1) is 6.92 Å². The zero-order valence-corrected chi connectivity index (χ0v) is 9.27. The van der Waals surface area contributed by atoms with Crippen molar-refractivity contribution in [3.05, 3.63) is 35.4 Å². The fraction of sp³-hybridized carbons (Fsp3) is 0.273. The van der Waals surface area contributed by atoms with Crippen molar-refractivity contribution in [2.75, 3.05) is 13.7 Å². The molecule has 0 saturated carbocycles. The van der Waals surface area contributed by atoms with Crippen LogP contribution in [0.5, 0.6) is 0 Å². The van der Waals surface area contributed by atoms with E-state index in [-0.39, 0.29) is 6.61 Å². The second-order valence-corrected chi connectivity index (χ2v) is 3.21. The van der Waals surface area contributed by atoms with Gasteiger partial charge >= 0.3 is 0 Å². The molecule has 0 aromatic heterocycles. The third-order valence-electron chi connectivity index (χ3n) is 1.85. The Morgan fingerprint density at radius 2 is 2.00 bits per heavy atom. The number of carbonyl (C=O) groups is 1. The summed E-state index contributed by atoms with van der Waals surface area (Å²) in [6.45, 7) is 1.72. The van der Waals surface area contributed by atoms with Gasteiger partial charge in [0.1, 0.15) is 0 Å². The number of amides is 1. The molecule has 0 aliphatic carbocycles. The van der Waals surface area contributed by atoms with Crippen LogP contribution in [0.4, 0.5) is 0 Å². The molecule has 1 rings (SSSR count). The van der Waals surface area contributed by atoms with Crippen molar-refractivity contribution in [3.8, 4) is 0 Å². The molecule has 5 heteroatoms. The number of methoxy groups -OCH3 is 1. The van der Waals surface area contributed by atoms with Crippen molar-refractivity contribution in [2.45, 2.75) is 6.92 Å². The van der Waals surface area contributed by atoms with E-state index in [1.807, 2.05) is 31.2 Å². The molecule has 16 heavy (non-hydrogen) atoms. The largest absolute Gasteiger partial charge is 0.479 e. The van der Waals surface area contributed by atoms with Gasteiger partial charge in [0.2, 0.25) is 0 Å². The Labute approximate surface area is 93.8 Å². The third kappa shape index (κ3) is 3.61. The maximum absolute atomic E-state index is 10.4. The normalized spacial score (nSPS) is 11.0. The summed E-state index contributed by atoms with van der Waals surface area (Å²) in [6, 6.07) is 7.56. The predicted octanol–water partition coefficient (Wildman–Crippen LogP) is 0.805. The van der Waals surface area contributed by atoms with Crippen LogP contribution in [0.25, 0.3) is 0 Å². The molecule has 0 aliphatic rings. The maximum atomic E-state index is 10.4. The Kier molecular flexibility index (Phi) is 4.32. The molecule has 0 heterocycles. The van der Waals surface area contributed by atoms with E-state index in [1.54, 1.807) is 0 Å². The van der Waals surface area contributed by atoms with Gasteiger partial charge in [0.25, 0.3) is 11.8 Å². The molecular formula is C11H14N2O3. The quantitative estimate of drug-likeness (QED) is 0.465. The molecule has 0 radical (unpaired) electrons. The van der Waals surface area contributed by atoms with Gasteiger partial charge in [0.05, 0.1) is 7.11 Å². The van der Waals surface area contributed by atoms with E-state index in [2.05, 4.69) is 5.16 Å². The Bertz CT molecular complexity index is 385. The number of oxime groups is 1. The van der Waals surface area contributed by atoms with E-state index < -0.39 is 5.91 Å². The van der Waals surface area contributed by atoms with Gasteiger partial charge in [-0.05, 0) is 24.2 Å². The zero-order chi connectivity index (χ0) is 12.0.